The molecular weight excluding hydrogens is 865 g/mol. The Morgan fingerprint density at radius 2 is 0.471 bits per heavy atom. The maximum atomic E-state index is 12.9. The summed E-state index contributed by atoms with van der Waals surface area (Å²) in [6.07, 6.45) is 62.5. The highest BCUT2D eigenvalue weighted by Gasteiger charge is 2.19. The first-order valence-corrected chi connectivity index (χ1v) is 31.7. The summed E-state index contributed by atoms with van der Waals surface area (Å²) in [6.45, 7) is 11.5. The van der Waals surface area contributed by atoms with Crippen molar-refractivity contribution in [3.8, 4) is 0 Å². The number of hydrogen-bond donors (Lipinski definition) is 0. The Balaban J connectivity index is 4.26. The highest BCUT2D eigenvalue weighted by Crippen LogP contribution is 2.19. The van der Waals surface area contributed by atoms with Gasteiger partial charge in [0.2, 0.25) is 0 Å². The summed E-state index contributed by atoms with van der Waals surface area (Å²) in [5, 5.41) is 0. The first-order chi connectivity index (χ1) is 34.2. The van der Waals surface area contributed by atoms with Crippen LogP contribution in [0.2, 0.25) is 0 Å². The number of rotatable bonds is 58. The third-order valence-corrected chi connectivity index (χ3v) is 14.7. The number of unbranched alkanes of at least 4 members (excludes halogenated alkanes) is 43. The molecule has 6 heteroatoms. The van der Waals surface area contributed by atoms with Crippen LogP contribution in [-0.4, -0.2) is 37.2 Å². The van der Waals surface area contributed by atoms with Crippen molar-refractivity contribution >= 4 is 17.9 Å². The fraction of sp³-hybridized carbons (Fsp3) is 0.953. The van der Waals surface area contributed by atoms with Crippen molar-refractivity contribution in [1.29, 1.82) is 0 Å². The molecule has 0 spiro atoms. The van der Waals surface area contributed by atoms with Crippen LogP contribution in [0.25, 0.3) is 0 Å². The minimum absolute atomic E-state index is 0.0619. The Labute approximate surface area is 438 Å². The summed E-state index contributed by atoms with van der Waals surface area (Å²) in [4.78, 5) is 38.3. The molecule has 0 N–H and O–H groups in total. The normalized spacial score (nSPS) is 12.0. The van der Waals surface area contributed by atoms with E-state index in [0.717, 1.165) is 69.6 Å². The van der Waals surface area contributed by atoms with Gasteiger partial charge in [-0.3, -0.25) is 14.4 Å². The lowest BCUT2D eigenvalue weighted by Crippen LogP contribution is -2.30. The van der Waals surface area contributed by atoms with Crippen molar-refractivity contribution < 1.29 is 28.6 Å². The Morgan fingerprint density at radius 1 is 0.271 bits per heavy atom. The van der Waals surface area contributed by atoms with Crippen LogP contribution in [0.3, 0.4) is 0 Å². The molecular formula is C64H124O6. The molecule has 0 fully saturated rings. The standard InChI is InChI=1S/C64H124O6/c1-6-7-8-9-10-11-12-13-14-20-24-31-36-41-46-51-56-64(67)70-61(58-69-63(66)55-50-45-40-35-30-26-25-28-33-38-43-48-53-60(4)5)57-68-62(65)54-49-44-39-34-29-23-21-18-16-15-17-19-22-27-32-37-42-47-52-59(2)3/h59-61H,6-58H2,1-5H3/t61-/m1/s1. The average molecular weight is 990 g/mol. The van der Waals surface area contributed by atoms with Crippen molar-refractivity contribution in [1.82, 2.24) is 0 Å². The van der Waals surface area contributed by atoms with Gasteiger partial charge < -0.3 is 14.2 Å². The highest BCUT2D eigenvalue weighted by atomic mass is 16.6. The Kier molecular flexibility index (Phi) is 55.4. The maximum Gasteiger partial charge on any atom is 0.306 e. The zero-order chi connectivity index (χ0) is 51.1. The van der Waals surface area contributed by atoms with Crippen LogP contribution < -0.4 is 0 Å². The number of carbonyl (C=O) groups is 3. The molecule has 6 nitrogen and oxygen atoms in total. The lowest BCUT2D eigenvalue weighted by atomic mass is 10.0. The van der Waals surface area contributed by atoms with E-state index >= 15 is 0 Å². The zero-order valence-electron chi connectivity index (χ0n) is 48.2. The predicted molar refractivity (Wildman–Crippen MR) is 303 cm³/mol. The maximum absolute atomic E-state index is 12.9. The van der Waals surface area contributed by atoms with E-state index in [-0.39, 0.29) is 31.1 Å². The van der Waals surface area contributed by atoms with Crippen LogP contribution in [0, 0.1) is 11.8 Å². The quantitative estimate of drug-likeness (QED) is 0.0343. The van der Waals surface area contributed by atoms with E-state index in [0.29, 0.717) is 19.3 Å². The molecule has 0 rings (SSSR count). The first kappa shape index (κ1) is 68.4. The van der Waals surface area contributed by atoms with Crippen LogP contribution in [0.15, 0.2) is 0 Å². The minimum atomic E-state index is -0.763. The minimum Gasteiger partial charge on any atom is -0.462 e. The third-order valence-electron chi connectivity index (χ3n) is 14.7. The molecule has 0 heterocycles. The van der Waals surface area contributed by atoms with Crippen LogP contribution >= 0.6 is 0 Å². The summed E-state index contributed by atoms with van der Waals surface area (Å²) in [7, 11) is 0. The second-order valence-corrected chi connectivity index (χ2v) is 23.0. The molecule has 0 aliphatic heterocycles. The van der Waals surface area contributed by atoms with Gasteiger partial charge in [-0.15, -0.1) is 0 Å². The van der Waals surface area contributed by atoms with Gasteiger partial charge in [0, 0.05) is 19.3 Å². The van der Waals surface area contributed by atoms with Gasteiger partial charge in [-0.2, -0.15) is 0 Å². The van der Waals surface area contributed by atoms with Gasteiger partial charge in [0.15, 0.2) is 6.10 Å². The summed E-state index contributed by atoms with van der Waals surface area (Å²) < 4.78 is 17.0. The second kappa shape index (κ2) is 56.7. The van der Waals surface area contributed by atoms with Crippen molar-refractivity contribution in [3.63, 3.8) is 0 Å². The van der Waals surface area contributed by atoms with Crippen molar-refractivity contribution in [3.05, 3.63) is 0 Å². The van der Waals surface area contributed by atoms with Crippen LogP contribution in [-0.2, 0) is 28.6 Å². The number of ether oxygens (including phenoxy) is 3. The highest BCUT2D eigenvalue weighted by molar-refractivity contribution is 5.71. The second-order valence-electron chi connectivity index (χ2n) is 23.0. The lowest BCUT2D eigenvalue weighted by molar-refractivity contribution is -0.167. The molecule has 0 bridgehead atoms. The molecule has 0 saturated heterocycles. The molecule has 0 amide bonds. The Bertz CT molecular complexity index is 1070. The molecule has 70 heavy (non-hydrogen) atoms. The van der Waals surface area contributed by atoms with E-state index < -0.39 is 6.10 Å². The topological polar surface area (TPSA) is 78.9 Å². The average Bonchev–Trinajstić information content (AvgIpc) is 3.33. The van der Waals surface area contributed by atoms with E-state index in [2.05, 4.69) is 34.6 Å². The molecule has 0 aromatic carbocycles. The van der Waals surface area contributed by atoms with Gasteiger partial charge in [-0.05, 0) is 31.1 Å². The molecule has 0 aliphatic carbocycles. The number of esters is 3. The van der Waals surface area contributed by atoms with Gasteiger partial charge in [-0.25, -0.2) is 0 Å². The Hall–Kier alpha value is -1.59. The van der Waals surface area contributed by atoms with Crippen molar-refractivity contribution in [2.24, 2.45) is 11.8 Å². The van der Waals surface area contributed by atoms with Gasteiger partial charge in [-0.1, -0.05) is 324 Å². The van der Waals surface area contributed by atoms with Gasteiger partial charge in [0.1, 0.15) is 13.2 Å². The SMILES string of the molecule is CCCCCCCCCCCCCCCCCCC(=O)O[C@H](COC(=O)CCCCCCCCCCCCCCCCCCCCC(C)C)COC(=O)CCCCCCCCCCCCCCC(C)C. The van der Waals surface area contributed by atoms with Crippen LogP contribution in [0.5, 0.6) is 0 Å². The van der Waals surface area contributed by atoms with Gasteiger partial charge in [0.05, 0.1) is 0 Å². The molecule has 0 aromatic heterocycles. The summed E-state index contributed by atoms with van der Waals surface area (Å²) >= 11 is 0. The largest absolute Gasteiger partial charge is 0.462 e. The van der Waals surface area contributed by atoms with Crippen molar-refractivity contribution in [2.75, 3.05) is 13.2 Å². The van der Waals surface area contributed by atoms with E-state index in [1.165, 1.54) is 250 Å². The molecule has 0 saturated carbocycles. The first-order valence-electron chi connectivity index (χ1n) is 31.7. The number of carbonyl (C=O) groups excluding carboxylic acids is 3. The van der Waals surface area contributed by atoms with E-state index in [9.17, 15) is 14.4 Å². The Morgan fingerprint density at radius 3 is 0.700 bits per heavy atom. The van der Waals surface area contributed by atoms with E-state index in [1.54, 1.807) is 0 Å². The molecule has 0 aromatic rings. The van der Waals surface area contributed by atoms with Crippen LogP contribution in [0.1, 0.15) is 362 Å². The van der Waals surface area contributed by atoms with Gasteiger partial charge in [0.25, 0.3) is 0 Å². The van der Waals surface area contributed by atoms with E-state index in [4.69, 9.17) is 14.2 Å². The smallest absolute Gasteiger partial charge is 0.306 e. The predicted octanol–water partition coefficient (Wildman–Crippen LogP) is 21.2. The molecule has 0 aliphatic rings. The molecule has 0 radical (unpaired) electrons. The summed E-state index contributed by atoms with van der Waals surface area (Å²) in [5.74, 6) is 0.861. The molecule has 416 valence electrons. The van der Waals surface area contributed by atoms with Crippen molar-refractivity contribution in [2.45, 2.75) is 368 Å². The molecule has 0 unspecified atom stereocenters. The summed E-state index contributed by atoms with van der Waals surface area (Å²) in [5.41, 5.74) is 0. The van der Waals surface area contributed by atoms with Crippen LogP contribution in [0.4, 0.5) is 0 Å². The fourth-order valence-corrected chi connectivity index (χ4v) is 9.93. The number of hydrogen-bond acceptors (Lipinski definition) is 6. The van der Waals surface area contributed by atoms with Gasteiger partial charge >= 0.3 is 17.9 Å². The zero-order valence-corrected chi connectivity index (χ0v) is 48.2. The lowest BCUT2D eigenvalue weighted by Gasteiger charge is -2.18. The monoisotopic (exact) mass is 989 g/mol. The fourth-order valence-electron chi connectivity index (χ4n) is 9.93. The van der Waals surface area contributed by atoms with E-state index in [1.807, 2.05) is 0 Å². The third kappa shape index (κ3) is 57.3. The molecule has 1 atom stereocenters. The summed E-state index contributed by atoms with van der Waals surface area (Å²) in [6, 6.07) is 0.